The Hall–Kier alpha value is -1.30. The molecule has 0 spiro atoms. The molecule has 70 valence electrons. The maximum atomic E-state index is 10.7. The number of rotatable bonds is 3. The van der Waals surface area contributed by atoms with Gasteiger partial charge in [0.2, 0.25) is 0 Å². The molecule has 0 saturated carbocycles. The molecule has 6 nitrogen and oxygen atoms in total. The molecule has 1 atom stereocenters. The van der Waals surface area contributed by atoms with Crippen molar-refractivity contribution in [2.75, 3.05) is 20.7 Å². The van der Waals surface area contributed by atoms with Crippen LogP contribution in [0.2, 0.25) is 0 Å². The molecule has 0 aliphatic rings. The minimum absolute atomic E-state index is 0.313. The highest BCUT2D eigenvalue weighted by Gasteiger charge is 2.14. The van der Waals surface area contributed by atoms with Crippen molar-refractivity contribution >= 4 is 12.1 Å². The molecule has 0 aromatic rings. The summed E-state index contributed by atoms with van der Waals surface area (Å²) < 4.78 is 4.51. The Morgan fingerprint density at radius 1 is 1.58 bits per heavy atom. The summed E-state index contributed by atoms with van der Waals surface area (Å²) >= 11 is 0. The van der Waals surface area contributed by atoms with Crippen LogP contribution < -0.4 is 5.73 Å². The molecule has 0 aliphatic carbocycles. The molecule has 12 heavy (non-hydrogen) atoms. The van der Waals surface area contributed by atoms with Crippen LogP contribution in [0.3, 0.4) is 0 Å². The van der Waals surface area contributed by atoms with Gasteiger partial charge in [-0.2, -0.15) is 0 Å². The largest absolute Gasteiger partial charge is 0.480 e. The van der Waals surface area contributed by atoms with Gasteiger partial charge in [0.25, 0.3) is 0 Å². The molecule has 6 heteroatoms. The van der Waals surface area contributed by atoms with Crippen molar-refractivity contribution in [3.8, 4) is 0 Å². The van der Waals surface area contributed by atoms with Crippen molar-refractivity contribution < 1.29 is 19.4 Å². The first-order valence-electron chi connectivity index (χ1n) is 3.27. The van der Waals surface area contributed by atoms with E-state index in [0.29, 0.717) is 0 Å². The normalized spacial score (nSPS) is 11.9. The summed E-state index contributed by atoms with van der Waals surface area (Å²) in [6.07, 6.45) is -0.605. The second kappa shape index (κ2) is 4.55. The summed E-state index contributed by atoms with van der Waals surface area (Å²) in [7, 11) is 2.99. The second-order valence-electron chi connectivity index (χ2n) is 2.42. The Labute approximate surface area is 69.9 Å². The van der Waals surface area contributed by atoms with E-state index in [9.17, 15) is 9.59 Å². The highest BCUT2D eigenvalue weighted by atomic mass is 16.6. The van der Waals surface area contributed by atoms with Crippen molar-refractivity contribution in [3.63, 3.8) is 0 Å². The highest BCUT2D eigenvalue weighted by molar-refractivity contribution is 5.74. The lowest BCUT2D eigenvalue weighted by Gasteiger charge is -2.12. The van der Waals surface area contributed by atoms with Gasteiger partial charge in [-0.25, -0.2) is 4.79 Å². The van der Waals surface area contributed by atoms with Gasteiger partial charge in [-0.3, -0.25) is 4.79 Å². The Morgan fingerprint density at radius 3 is 2.42 bits per heavy atom. The fourth-order valence-electron chi connectivity index (χ4n) is 0.361. The molecule has 0 aromatic carbocycles. The Morgan fingerprint density at radius 2 is 2.08 bits per heavy atom. The molecule has 0 fully saturated rings. The second-order valence-corrected chi connectivity index (χ2v) is 2.42. The number of ether oxygens (including phenoxy) is 1. The zero-order valence-electron chi connectivity index (χ0n) is 6.98. The lowest BCUT2D eigenvalue weighted by molar-refractivity contribution is -0.139. The highest BCUT2D eigenvalue weighted by Crippen LogP contribution is 1.88. The van der Waals surface area contributed by atoms with Crippen molar-refractivity contribution in [2.24, 2.45) is 5.73 Å². The van der Waals surface area contributed by atoms with Crippen molar-refractivity contribution in [1.29, 1.82) is 0 Å². The Kier molecular flexibility index (Phi) is 4.06. The van der Waals surface area contributed by atoms with Gasteiger partial charge in [-0.05, 0) is 0 Å². The standard InChI is InChI=1S/C6H12N2O4/c1-8(2)6(11)12-3-4(7)5(9)10/h4H,3,7H2,1-2H3,(H,9,10)/t4-/m0/s1. The van der Waals surface area contributed by atoms with Gasteiger partial charge in [0.05, 0.1) is 0 Å². The van der Waals surface area contributed by atoms with Crippen LogP contribution in [-0.4, -0.2) is 48.8 Å². The van der Waals surface area contributed by atoms with Crippen LogP contribution in [0.4, 0.5) is 4.79 Å². The molecular weight excluding hydrogens is 164 g/mol. The molecule has 0 saturated heterocycles. The smallest absolute Gasteiger partial charge is 0.409 e. The summed E-state index contributed by atoms with van der Waals surface area (Å²) in [6.45, 7) is -0.313. The first-order valence-corrected chi connectivity index (χ1v) is 3.27. The van der Waals surface area contributed by atoms with Crippen molar-refractivity contribution in [1.82, 2.24) is 4.90 Å². The van der Waals surface area contributed by atoms with Crippen LogP contribution in [0, 0.1) is 0 Å². The molecule has 0 radical (unpaired) electrons. The Balaban J connectivity index is 3.69. The van der Waals surface area contributed by atoms with Gasteiger partial charge >= 0.3 is 12.1 Å². The predicted molar refractivity (Wildman–Crippen MR) is 40.6 cm³/mol. The number of carbonyl (C=O) groups is 2. The molecular formula is C6H12N2O4. The third-order valence-corrected chi connectivity index (χ3v) is 1.07. The molecule has 3 N–H and O–H groups in total. The van der Waals surface area contributed by atoms with Crippen LogP contribution in [0.5, 0.6) is 0 Å². The first kappa shape index (κ1) is 10.7. The van der Waals surface area contributed by atoms with Crippen LogP contribution in [0.25, 0.3) is 0 Å². The average molecular weight is 176 g/mol. The molecule has 0 aliphatic heterocycles. The van der Waals surface area contributed by atoms with Crippen LogP contribution in [0.15, 0.2) is 0 Å². The third kappa shape index (κ3) is 3.77. The topological polar surface area (TPSA) is 92.9 Å². The zero-order chi connectivity index (χ0) is 9.72. The van der Waals surface area contributed by atoms with Gasteiger partial charge in [0.1, 0.15) is 12.6 Å². The average Bonchev–Trinajstić information content (AvgIpc) is 1.98. The molecule has 0 bridgehead atoms. The van der Waals surface area contributed by atoms with Gasteiger partial charge < -0.3 is 20.5 Å². The fraction of sp³-hybridized carbons (Fsp3) is 0.667. The molecule has 0 aromatic heterocycles. The molecule has 0 rings (SSSR count). The van der Waals surface area contributed by atoms with E-state index in [0.717, 1.165) is 0 Å². The van der Waals surface area contributed by atoms with E-state index >= 15 is 0 Å². The van der Waals surface area contributed by atoms with Crippen LogP contribution >= 0.6 is 0 Å². The summed E-state index contributed by atoms with van der Waals surface area (Å²) in [4.78, 5) is 22.1. The van der Waals surface area contributed by atoms with Crippen molar-refractivity contribution in [3.05, 3.63) is 0 Å². The van der Waals surface area contributed by atoms with E-state index in [4.69, 9.17) is 10.8 Å². The van der Waals surface area contributed by atoms with Gasteiger partial charge in [-0.1, -0.05) is 0 Å². The SMILES string of the molecule is CN(C)C(=O)OC[C@H](N)C(=O)O. The van der Waals surface area contributed by atoms with E-state index in [2.05, 4.69) is 4.74 Å². The monoisotopic (exact) mass is 176 g/mol. The molecule has 0 heterocycles. The minimum Gasteiger partial charge on any atom is -0.480 e. The van der Waals surface area contributed by atoms with E-state index in [1.807, 2.05) is 0 Å². The first-order chi connectivity index (χ1) is 5.45. The van der Waals surface area contributed by atoms with E-state index in [1.165, 1.54) is 19.0 Å². The van der Waals surface area contributed by atoms with Gasteiger partial charge in [-0.15, -0.1) is 0 Å². The maximum Gasteiger partial charge on any atom is 0.409 e. The quantitative estimate of drug-likeness (QED) is 0.581. The number of hydrogen-bond acceptors (Lipinski definition) is 4. The minimum atomic E-state index is -1.19. The van der Waals surface area contributed by atoms with Crippen molar-refractivity contribution in [2.45, 2.75) is 6.04 Å². The number of aliphatic carboxylic acids is 1. The van der Waals surface area contributed by atoms with E-state index in [1.54, 1.807) is 0 Å². The number of hydrogen-bond donors (Lipinski definition) is 2. The predicted octanol–water partition coefficient (Wildman–Crippen LogP) is -0.903. The molecule has 0 unspecified atom stereocenters. The lowest BCUT2D eigenvalue weighted by atomic mass is 10.3. The van der Waals surface area contributed by atoms with E-state index in [-0.39, 0.29) is 6.61 Å². The summed E-state index contributed by atoms with van der Waals surface area (Å²) in [5, 5.41) is 8.30. The summed E-state index contributed by atoms with van der Waals surface area (Å²) in [5.41, 5.74) is 5.07. The van der Waals surface area contributed by atoms with E-state index < -0.39 is 18.1 Å². The van der Waals surface area contributed by atoms with Gasteiger partial charge in [0, 0.05) is 14.1 Å². The number of nitrogens with zero attached hydrogens (tertiary/aromatic N) is 1. The lowest BCUT2D eigenvalue weighted by Crippen LogP contribution is -2.37. The third-order valence-electron chi connectivity index (χ3n) is 1.07. The van der Waals surface area contributed by atoms with Crippen LogP contribution in [-0.2, 0) is 9.53 Å². The van der Waals surface area contributed by atoms with Gasteiger partial charge in [0.15, 0.2) is 0 Å². The van der Waals surface area contributed by atoms with Crippen LogP contribution in [0.1, 0.15) is 0 Å². The fourth-order valence-corrected chi connectivity index (χ4v) is 0.361. The summed E-state index contributed by atoms with van der Waals surface area (Å²) in [6, 6.07) is -1.16. The number of carbonyl (C=O) groups excluding carboxylic acids is 1. The number of carboxylic acid groups (broad SMARTS) is 1. The maximum absolute atomic E-state index is 10.7. The Bertz CT molecular complexity index is 180. The zero-order valence-corrected chi connectivity index (χ0v) is 6.98. The number of nitrogens with two attached hydrogens (primary N) is 1. The number of amides is 1. The molecule has 1 amide bonds. The summed E-state index contributed by atoms with van der Waals surface area (Å²) in [5.74, 6) is -1.19. The number of carboxylic acids is 1.